The fourth-order valence-corrected chi connectivity index (χ4v) is 2.52. The number of aryl methyl sites for hydroxylation is 1. The van der Waals surface area contributed by atoms with E-state index in [4.69, 9.17) is 0 Å². The molecule has 2 atom stereocenters. The summed E-state index contributed by atoms with van der Waals surface area (Å²) in [5, 5.41) is 20.7. The number of carboxylic acids is 1. The van der Waals surface area contributed by atoms with Crippen molar-refractivity contribution in [3.05, 3.63) is 29.8 Å². The van der Waals surface area contributed by atoms with Crippen molar-refractivity contribution in [3.8, 4) is 0 Å². The van der Waals surface area contributed by atoms with Crippen LogP contribution in [0.25, 0.3) is 0 Å². The van der Waals surface area contributed by atoms with Gasteiger partial charge >= 0.3 is 18.9 Å². The zero-order valence-electron chi connectivity index (χ0n) is 13.4. The first kappa shape index (κ1) is 19.2. The molecule has 7 nitrogen and oxygen atoms in total. The molecule has 2 amide bonds. The van der Waals surface area contributed by atoms with Gasteiger partial charge in [-0.05, 0) is 19.1 Å². The van der Waals surface area contributed by atoms with Gasteiger partial charge in [0.2, 0.25) is 5.91 Å². The summed E-state index contributed by atoms with van der Waals surface area (Å²) in [4.78, 5) is 37.5. The van der Waals surface area contributed by atoms with E-state index in [0.717, 1.165) is 10.5 Å². The van der Waals surface area contributed by atoms with Crippen molar-refractivity contribution >= 4 is 23.5 Å². The van der Waals surface area contributed by atoms with E-state index >= 15 is 0 Å². The zero-order valence-corrected chi connectivity index (χ0v) is 13.4. The third kappa shape index (κ3) is 3.94. The van der Waals surface area contributed by atoms with Crippen LogP contribution < -0.4 is 28.9 Å². The number of anilines is 1. The number of piperazine rings is 1. The van der Waals surface area contributed by atoms with Crippen LogP contribution in [-0.2, 0) is 14.4 Å². The van der Waals surface area contributed by atoms with Crippen molar-refractivity contribution in [2.24, 2.45) is 0 Å². The van der Waals surface area contributed by atoms with Gasteiger partial charge < -0.3 is 24.8 Å². The summed E-state index contributed by atoms with van der Waals surface area (Å²) in [6.45, 7) is 3.51. The average molecular weight is 312 g/mol. The Bertz CT molecular complexity index is 604. The van der Waals surface area contributed by atoms with E-state index in [1.807, 2.05) is 19.1 Å². The molecular weight excluding hydrogens is 295 g/mol. The SMILES string of the molecule is CC(=O)N1CCN(c2ccc(C)cc2)C(=O)C1C(O)C(=O)[O-].[Li+]. The van der Waals surface area contributed by atoms with Crippen molar-refractivity contribution in [1.82, 2.24) is 4.90 Å². The number of amides is 2. The Labute approximate surface area is 146 Å². The normalized spacial score (nSPS) is 19.1. The molecule has 0 aliphatic carbocycles. The van der Waals surface area contributed by atoms with Gasteiger partial charge in [-0.15, -0.1) is 0 Å². The molecule has 23 heavy (non-hydrogen) atoms. The number of carbonyl (C=O) groups excluding carboxylic acids is 3. The number of carboxylic acid groups (broad SMARTS) is 1. The standard InChI is InChI=1S/C15H18N2O5.Li/c1-9-3-5-11(6-4-9)17-8-7-16(10(2)18)12(14(17)20)13(19)15(21)22;/h3-6,12-13,19H,7-8H2,1-2H3,(H,21,22);/q;+1/p-1. The van der Waals surface area contributed by atoms with Crippen LogP contribution in [0.3, 0.4) is 0 Å². The number of aliphatic carboxylic acids is 1. The summed E-state index contributed by atoms with van der Waals surface area (Å²) in [5.41, 5.74) is 1.61. The second-order valence-corrected chi connectivity index (χ2v) is 5.25. The molecule has 0 bridgehead atoms. The molecule has 0 saturated carbocycles. The number of rotatable bonds is 3. The van der Waals surface area contributed by atoms with E-state index in [1.54, 1.807) is 12.1 Å². The number of hydrogen-bond acceptors (Lipinski definition) is 5. The van der Waals surface area contributed by atoms with Crippen molar-refractivity contribution in [2.75, 3.05) is 18.0 Å². The molecule has 0 spiro atoms. The largest absolute Gasteiger partial charge is 1.00 e. The quantitative estimate of drug-likeness (QED) is 0.569. The fourth-order valence-electron chi connectivity index (χ4n) is 2.52. The van der Waals surface area contributed by atoms with Gasteiger partial charge in [0.1, 0.15) is 12.1 Å². The summed E-state index contributed by atoms with van der Waals surface area (Å²) in [6.07, 6.45) is -2.07. The van der Waals surface area contributed by atoms with Gasteiger partial charge in [0.05, 0.1) is 5.97 Å². The number of benzene rings is 1. The molecule has 2 rings (SSSR count). The molecule has 1 aromatic carbocycles. The Kier molecular flexibility index (Phi) is 6.39. The van der Waals surface area contributed by atoms with E-state index in [2.05, 4.69) is 0 Å². The van der Waals surface area contributed by atoms with Crippen LogP contribution in [0, 0.1) is 6.92 Å². The van der Waals surface area contributed by atoms with Gasteiger partial charge in [0.15, 0.2) is 0 Å². The summed E-state index contributed by atoms with van der Waals surface area (Å²) < 4.78 is 0. The number of hydrogen-bond donors (Lipinski definition) is 1. The predicted octanol–water partition coefficient (Wildman–Crippen LogP) is -4.33. The summed E-state index contributed by atoms with van der Waals surface area (Å²) in [7, 11) is 0. The molecule has 1 aromatic rings. The van der Waals surface area contributed by atoms with E-state index in [-0.39, 0.29) is 32.0 Å². The number of nitrogens with zero attached hydrogens (tertiary/aromatic N) is 2. The van der Waals surface area contributed by atoms with Crippen LogP contribution in [-0.4, -0.2) is 53.0 Å². The van der Waals surface area contributed by atoms with Crippen LogP contribution >= 0.6 is 0 Å². The van der Waals surface area contributed by atoms with Gasteiger partial charge in [-0.1, -0.05) is 17.7 Å². The average Bonchev–Trinajstić information content (AvgIpc) is 2.47. The summed E-state index contributed by atoms with van der Waals surface area (Å²) in [5.74, 6) is -2.89. The maximum absolute atomic E-state index is 12.6. The molecular formula is C15H17LiN2O5. The summed E-state index contributed by atoms with van der Waals surface area (Å²) in [6, 6.07) is 5.64. The third-order valence-electron chi connectivity index (χ3n) is 3.71. The molecule has 2 unspecified atom stereocenters. The Hall–Kier alpha value is -1.81. The minimum absolute atomic E-state index is 0. The molecule has 1 saturated heterocycles. The van der Waals surface area contributed by atoms with Crippen molar-refractivity contribution in [1.29, 1.82) is 0 Å². The van der Waals surface area contributed by atoms with Crippen molar-refractivity contribution in [2.45, 2.75) is 26.0 Å². The molecule has 118 valence electrons. The Morgan fingerprint density at radius 3 is 2.30 bits per heavy atom. The Morgan fingerprint density at radius 1 is 1.26 bits per heavy atom. The van der Waals surface area contributed by atoms with Gasteiger partial charge in [-0.2, -0.15) is 0 Å². The van der Waals surface area contributed by atoms with Crippen LogP contribution in [0.15, 0.2) is 24.3 Å². The number of aliphatic hydroxyl groups excluding tert-OH is 1. The predicted molar refractivity (Wildman–Crippen MR) is 75.7 cm³/mol. The van der Waals surface area contributed by atoms with E-state index in [1.165, 1.54) is 11.8 Å². The fraction of sp³-hybridized carbons (Fsp3) is 0.400. The van der Waals surface area contributed by atoms with E-state index in [0.29, 0.717) is 5.69 Å². The van der Waals surface area contributed by atoms with Gasteiger partial charge in [0, 0.05) is 25.7 Å². The third-order valence-corrected chi connectivity index (χ3v) is 3.71. The molecule has 8 heteroatoms. The van der Waals surface area contributed by atoms with Crippen molar-refractivity contribution < 1.29 is 43.5 Å². The monoisotopic (exact) mass is 312 g/mol. The molecule has 1 aliphatic heterocycles. The van der Waals surface area contributed by atoms with Crippen molar-refractivity contribution in [3.63, 3.8) is 0 Å². The number of aliphatic hydroxyl groups is 1. The van der Waals surface area contributed by atoms with Gasteiger partial charge in [-0.25, -0.2) is 0 Å². The van der Waals surface area contributed by atoms with E-state index in [9.17, 15) is 24.6 Å². The maximum atomic E-state index is 12.6. The Morgan fingerprint density at radius 2 is 1.83 bits per heavy atom. The topological polar surface area (TPSA) is 101 Å². The molecule has 0 radical (unpaired) electrons. The Balaban J connectivity index is 0.00000264. The first-order valence-electron chi connectivity index (χ1n) is 6.87. The first-order chi connectivity index (χ1) is 10.3. The molecule has 0 aromatic heterocycles. The molecule has 1 N–H and O–H groups in total. The molecule has 1 aliphatic rings. The minimum Gasteiger partial charge on any atom is -0.547 e. The molecule has 1 heterocycles. The second kappa shape index (κ2) is 7.64. The maximum Gasteiger partial charge on any atom is 1.00 e. The molecule has 1 fully saturated rings. The van der Waals surface area contributed by atoms with Crippen LogP contribution in [0.5, 0.6) is 0 Å². The second-order valence-electron chi connectivity index (χ2n) is 5.25. The van der Waals surface area contributed by atoms with Gasteiger partial charge in [0.25, 0.3) is 5.91 Å². The van der Waals surface area contributed by atoms with Crippen LogP contribution in [0.2, 0.25) is 0 Å². The van der Waals surface area contributed by atoms with E-state index < -0.39 is 29.9 Å². The zero-order chi connectivity index (χ0) is 16.4. The first-order valence-corrected chi connectivity index (χ1v) is 6.87. The minimum atomic E-state index is -2.07. The van der Waals surface area contributed by atoms with Crippen LogP contribution in [0.4, 0.5) is 5.69 Å². The summed E-state index contributed by atoms with van der Waals surface area (Å²) >= 11 is 0. The number of carbonyl (C=O) groups is 3. The van der Waals surface area contributed by atoms with Crippen LogP contribution in [0.1, 0.15) is 12.5 Å². The van der Waals surface area contributed by atoms with Gasteiger partial charge in [-0.3, -0.25) is 9.59 Å². The smallest absolute Gasteiger partial charge is 0.547 e.